The second-order valence-corrected chi connectivity index (χ2v) is 16.6. The average molecular weight is 509 g/mol. The minimum atomic E-state index is -0.872. The second-order valence-electron chi connectivity index (χ2n) is 3.01. The third kappa shape index (κ3) is 3.71. The van der Waals surface area contributed by atoms with E-state index in [1.807, 2.05) is 12.1 Å². The summed E-state index contributed by atoms with van der Waals surface area (Å²) in [6.07, 6.45) is 0. The van der Waals surface area contributed by atoms with Gasteiger partial charge in [-0.2, -0.15) is 0 Å². The molecule has 0 aromatic carbocycles. The van der Waals surface area contributed by atoms with Crippen LogP contribution in [-0.4, -0.2) is 56.3 Å². The molecule has 2 aromatic rings. The molecule has 2 N–H and O–H groups in total. The fourth-order valence-corrected chi connectivity index (χ4v) is 17.8. The maximum atomic E-state index is 10.7. The number of thiophene rings is 2. The van der Waals surface area contributed by atoms with Gasteiger partial charge in [0.1, 0.15) is 0 Å². The molecule has 2 heterocycles. The number of rotatable bonds is 5. The zero-order chi connectivity index (χ0) is 13.1. The van der Waals surface area contributed by atoms with Gasteiger partial charge >= 0.3 is 128 Å². The second kappa shape index (κ2) is 6.38. The normalized spacial score (nSPS) is 10.4. The molecule has 2 aromatic heterocycles. The molecule has 0 fully saturated rings. The van der Waals surface area contributed by atoms with Crippen LogP contribution in [0.5, 0.6) is 0 Å². The number of hydrogen-bond donors (Lipinski definition) is 2. The van der Waals surface area contributed by atoms with Crippen LogP contribution in [0.4, 0.5) is 0 Å². The van der Waals surface area contributed by atoms with E-state index in [0.29, 0.717) is 9.75 Å². The molecular weight excluding hydrogens is 503 g/mol. The van der Waals surface area contributed by atoms with Crippen molar-refractivity contribution in [3.8, 4) is 0 Å². The van der Waals surface area contributed by atoms with Crippen molar-refractivity contribution in [2.75, 3.05) is 0 Å². The predicted molar refractivity (Wildman–Crippen MR) is 73.3 cm³/mol. The first-order chi connectivity index (χ1) is 8.56. The Morgan fingerprint density at radius 2 is 1.22 bits per heavy atom. The molecule has 0 bridgehead atoms. The monoisotopic (exact) mass is 514 g/mol. The molecule has 0 saturated carbocycles. The van der Waals surface area contributed by atoms with E-state index < -0.39 is 11.9 Å². The van der Waals surface area contributed by atoms with Crippen LogP contribution in [0.25, 0.3) is 0 Å². The zero-order valence-corrected chi connectivity index (χ0v) is 14.9. The fourth-order valence-electron chi connectivity index (χ4n) is 1.04. The fraction of sp³-hybridized carbons (Fsp3) is 0. The van der Waals surface area contributed by atoms with Gasteiger partial charge in [-0.15, -0.1) is 0 Å². The van der Waals surface area contributed by atoms with E-state index in [0.717, 1.165) is 0 Å². The number of carboxylic acid groups (broad SMARTS) is 2. The molecule has 2 rings (SSSR count). The summed E-state index contributed by atoms with van der Waals surface area (Å²) < 4.78 is 2.37. The Kier molecular flexibility index (Phi) is 5.08. The van der Waals surface area contributed by atoms with Gasteiger partial charge < -0.3 is 0 Å². The zero-order valence-electron chi connectivity index (χ0n) is 8.65. The summed E-state index contributed by atoms with van der Waals surface area (Å²) in [6, 6.07) is 7.09. The van der Waals surface area contributed by atoms with Gasteiger partial charge in [0.15, 0.2) is 0 Å². The van der Waals surface area contributed by atoms with Crippen LogP contribution in [0.2, 0.25) is 0 Å². The van der Waals surface area contributed by atoms with E-state index in [1.54, 1.807) is 12.1 Å². The predicted octanol–water partition coefficient (Wildman–Crippen LogP) is 0.480. The van der Waals surface area contributed by atoms with E-state index in [2.05, 4.69) is 0 Å². The molecule has 4 nitrogen and oxygen atoms in total. The number of carboxylic acids is 2. The minimum absolute atomic E-state index is 0.347. The van der Waals surface area contributed by atoms with Crippen molar-refractivity contribution in [1.29, 1.82) is 0 Å². The van der Waals surface area contributed by atoms with Crippen molar-refractivity contribution in [1.82, 2.24) is 0 Å². The van der Waals surface area contributed by atoms with E-state index in [9.17, 15) is 9.59 Å². The molecule has 0 amide bonds. The number of carbonyl (C=O) groups is 2. The summed E-state index contributed by atoms with van der Waals surface area (Å²) >= 11 is 2.01. The molecule has 0 saturated heterocycles. The third-order valence-electron chi connectivity index (χ3n) is 1.79. The van der Waals surface area contributed by atoms with Gasteiger partial charge in [0.2, 0.25) is 0 Å². The van der Waals surface area contributed by atoms with E-state index in [1.165, 1.54) is 28.5 Å². The Labute approximate surface area is 127 Å². The number of aromatic carboxylic acids is 2. The summed E-state index contributed by atoms with van der Waals surface area (Å²) in [5.41, 5.74) is 0. The van der Waals surface area contributed by atoms with Crippen LogP contribution in [0, 0.1) is 0 Å². The quantitative estimate of drug-likeness (QED) is 0.576. The van der Waals surface area contributed by atoms with Gasteiger partial charge in [0, 0.05) is 0 Å². The molecule has 0 unspecified atom stereocenters. The summed E-state index contributed by atoms with van der Waals surface area (Å²) in [5, 5.41) is 17.6. The first-order valence-electron chi connectivity index (χ1n) is 4.57. The molecule has 0 aliphatic carbocycles. The first-order valence-corrected chi connectivity index (χ1v) is 15.9. The van der Waals surface area contributed by atoms with Crippen molar-refractivity contribution >= 4 is 74.6 Å². The summed E-state index contributed by atoms with van der Waals surface area (Å²) in [4.78, 5) is 22.3. The summed E-state index contributed by atoms with van der Waals surface area (Å²) in [5.74, 6) is -1.74. The Balaban J connectivity index is 1.97. The standard InChI is InChI=1S/C10H6O4S2Te2/c11-9(12)5-1-3-7(15-5)17-18-8-4-2-6(16-8)10(13)14/h1-4H,(H,11,12)(H,13,14). The number of hydrogen-bond acceptors (Lipinski definition) is 4. The van der Waals surface area contributed by atoms with Gasteiger partial charge in [-0.25, -0.2) is 0 Å². The Morgan fingerprint density at radius 3 is 1.50 bits per heavy atom. The van der Waals surface area contributed by atoms with Crippen LogP contribution in [0.15, 0.2) is 24.3 Å². The van der Waals surface area contributed by atoms with Crippen molar-refractivity contribution in [2.24, 2.45) is 0 Å². The van der Waals surface area contributed by atoms with Crippen molar-refractivity contribution in [2.45, 2.75) is 0 Å². The van der Waals surface area contributed by atoms with E-state index in [4.69, 9.17) is 10.2 Å². The SMILES string of the molecule is O=C(O)c1ccc([Te][Te]c2ccc(C(=O)O)s2)s1. The van der Waals surface area contributed by atoms with Gasteiger partial charge in [-0.3, -0.25) is 0 Å². The molecule has 18 heavy (non-hydrogen) atoms. The Bertz CT molecular complexity index is 538. The van der Waals surface area contributed by atoms with E-state index in [-0.39, 0.29) is 34.1 Å². The van der Waals surface area contributed by atoms with Gasteiger partial charge in [-0.05, 0) is 0 Å². The molecule has 8 heteroatoms. The summed E-state index contributed by atoms with van der Waals surface area (Å²) in [7, 11) is 0. The van der Waals surface area contributed by atoms with Crippen molar-refractivity contribution in [3.05, 3.63) is 34.0 Å². The Hall–Kier alpha value is -0.0808. The van der Waals surface area contributed by atoms with Crippen LogP contribution < -0.4 is 5.85 Å². The topological polar surface area (TPSA) is 74.6 Å². The van der Waals surface area contributed by atoms with Crippen LogP contribution in [-0.2, 0) is 0 Å². The molecular formula is C10H6O4S2Te2. The van der Waals surface area contributed by atoms with Gasteiger partial charge in [0.25, 0.3) is 0 Å². The molecule has 0 atom stereocenters. The molecule has 0 spiro atoms. The molecule has 94 valence electrons. The van der Waals surface area contributed by atoms with E-state index >= 15 is 0 Å². The van der Waals surface area contributed by atoms with Crippen LogP contribution in [0.1, 0.15) is 19.3 Å². The molecule has 0 radical (unpaired) electrons. The molecule has 0 aliphatic heterocycles. The van der Waals surface area contributed by atoms with Crippen molar-refractivity contribution < 1.29 is 19.8 Å². The van der Waals surface area contributed by atoms with Gasteiger partial charge in [-0.1, -0.05) is 0 Å². The maximum absolute atomic E-state index is 10.7. The van der Waals surface area contributed by atoms with Gasteiger partial charge in [0.05, 0.1) is 0 Å². The van der Waals surface area contributed by atoms with Crippen LogP contribution >= 0.6 is 22.7 Å². The third-order valence-corrected chi connectivity index (χ3v) is 20.9. The Morgan fingerprint density at radius 1 is 0.833 bits per heavy atom. The summed E-state index contributed by atoms with van der Waals surface area (Å²) in [6.45, 7) is 0. The average Bonchev–Trinajstić information content (AvgIpc) is 2.95. The molecule has 0 aliphatic rings. The van der Waals surface area contributed by atoms with Crippen LogP contribution in [0.3, 0.4) is 0 Å². The first kappa shape index (κ1) is 14.3. The van der Waals surface area contributed by atoms with Crippen molar-refractivity contribution in [3.63, 3.8) is 0 Å².